The molecule has 0 fully saturated rings. The maximum Gasteiger partial charge on any atom is 0.176 e. The minimum absolute atomic E-state index is 0.0426. The number of aliphatic hydroxyl groups is 2. The number of Topliss-reactive ketones (excluding diaryl/α,β-unsaturated/α-hetero) is 1. The molecule has 4 heteroatoms. The first-order valence-corrected chi connectivity index (χ1v) is 11.3. The third-order valence-corrected chi connectivity index (χ3v) is 5.30. The van der Waals surface area contributed by atoms with E-state index >= 15 is 0 Å². The van der Waals surface area contributed by atoms with E-state index in [4.69, 9.17) is 0 Å². The van der Waals surface area contributed by atoms with Crippen LogP contribution in [-0.2, 0) is 0 Å². The molecule has 0 heterocycles. The van der Waals surface area contributed by atoms with Gasteiger partial charge in [-0.2, -0.15) is 0 Å². The zero-order valence-corrected chi connectivity index (χ0v) is 17.7. The van der Waals surface area contributed by atoms with Crippen molar-refractivity contribution < 1.29 is 15.0 Å². The fraction of sp³-hybridized carbons (Fsp3) is 0.708. The van der Waals surface area contributed by atoms with Gasteiger partial charge >= 0.3 is 0 Å². The molecule has 2 unspecified atom stereocenters. The second-order valence-electron chi connectivity index (χ2n) is 7.86. The number of nitrogens with one attached hydrogen (secondary N) is 1. The first-order valence-electron chi connectivity index (χ1n) is 11.3. The molecule has 2 atom stereocenters. The highest BCUT2D eigenvalue weighted by Gasteiger charge is 2.15. The molecule has 0 aliphatic heterocycles. The van der Waals surface area contributed by atoms with Crippen LogP contribution in [0.4, 0.5) is 0 Å². The average Bonchev–Trinajstić information content (AvgIpc) is 2.72. The summed E-state index contributed by atoms with van der Waals surface area (Å²) >= 11 is 0. The summed E-state index contributed by atoms with van der Waals surface area (Å²) in [6.07, 6.45) is 12.4. The van der Waals surface area contributed by atoms with Gasteiger partial charge in [0.05, 0.1) is 18.8 Å². The Morgan fingerprint density at radius 3 is 1.96 bits per heavy atom. The molecular weight excluding hydrogens is 350 g/mol. The van der Waals surface area contributed by atoms with Gasteiger partial charge in [-0.3, -0.25) is 4.79 Å². The van der Waals surface area contributed by atoms with Crippen LogP contribution in [0.1, 0.15) is 94.3 Å². The number of benzene rings is 1. The molecule has 0 bridgehead atoms. The maximum absolute atomic E-state index is 12.0. The average molecular weight is 392 g/mol. The quantitative estimate of drug-likeness (QED) is 0.246. The molecule has 0 aromatic heterocycles. The van der Waals surface area contributed by atoms with E-state index in [2.05, 4.69) is 12.2 Å². The summed E-state index contributed by atoms with van der Waals surface area (Å²) in [4.78, 5) is 12.0. The molecule has 4 nitrogen and oxygen atoms in total. The van der Waals surface area contributed by atoms with E-state index in [-0.39, 0.29) is 12.3 Å². The van der Waals surface area contributed by atoms with Gasteiger partial charge in [-0.1, -0.05) is 101 Å². The van der Waals surface area contributed by atoms with Crippen LogP contribution < -0.4 is 5.32 Å². The standard InChI is InChI=1S/C24H41NO3/c1-2-3-4-5-6-7-8-9-10-14-17-22(26)23(27)18-19-25-20-24(28)21-15-12-11-13-16-21/h11-13,15-16,22-23,25-27H,2-10,14,17-20H2,1H3. The van der Waals surface area contributed by atoms with Crippen molar-refractivity contribution >= 4 is 5.78 Å². The summed E-state index contributed by atoms with van der Waals surface area (Å²) in [6, 6.07) is 9.18. The first kappa shape index (κ1) is 24.8. The lowest BCUT2D eigenvalue weighted by Gasteiger charge is -2.18. The smallest absolute Gasteiger partial charge is 0.176 e. The third kappa shape index (κ3) is 12.3. The van der Waals surface area contributed by atoms with Crippen molar-refractivity contribution in [1.82, 2.24) is 5.32 Å². The fourth-order valence-electron chi connectivity index (χ4n) is 3.40. The number of ketones is 1. The van der Waals surface area contributed by atoms with Gasteiger partial charge in [0.2, 0.25) is 0 Å². The molecule has 28 heavy (non-hydrogen) atoms. The van der Waals surface area contributed by atoms with Crippen molar-refractivity contribution in [1.29, 1.82) is 0 Å². The molecule has 0 saturated heterocycles. The Morgan fingerprint density at radius 2 is 1.36 bits per heavy atom. The number of aliphatic hydroxyl groups excluding tert-OH is 2. The molecule has 0 spiro atoms. The Kier molecular flexibility index (Phi) is 14.8. The van der Waals surface area contributed by atoms with Crippen LogP contribution in [0, 0.1) is 0 Å². The second-order valence-corrected chi connectivity index (χ2v) is 7.86. The van der Waals surface area contributed by atoms with Crippen LogP contribution in [0.3, 0.4) is 0 Å². The van der Waals surface area contributed by atoms with Crippen LogP contribution >= 0.6 is 0 Å². The summed E-state index contributed by atoms with van der Waals surface area (Å²) in [5.74, 6) is 0.0426. The van der Waals surface area contributed by atoms with Crippen LogP contribution in [0.5, 0.6) is 0 Å². The van der Waals surface area contributed by atoms with Crippen LogP contribution in [-0.4, -0.2) is 41.3 Å². The number of hydrogen-bond donors (Lipinski definition) is 3. The van der Waals surface area contributed by atoms with Gasteiger partial charge in [-0.25, -0.2) is 0 Å². The van der Waals surface area contributed by atoms with Gasteiger partial charge in [-0.05, 0) is 19.4 Å². The Bertz CT molecular complexity index is 492. The SMILES string of the molecule is CCCCCCCCCCCCC(O)C(O)CCNCC(=O)c1ccccc1. The minimum Gasteiger partial charge on any atom is -0.390 e. The molecule has 1 aromatic rings. The van der Waals surface area contributed by atoms with Crippen LogP contribution in [0.2, 0.25) is 0 Å². The zero-order chi connectivity index (χ0) is 20.5. The molecule has 3 N–H and O–H groups in total. The van der Waals surface area contributed by atoms with Crippen molar-refractivity contribution in [3.63, 3.8) is 0 Å². The van der Waals surface area contributed by atoms with Gasteiger partial charge in [0.1, 0.15) is 0 Å². The normalized spacial score (nSPS) is 13.4. The third-order valence-electron chi connectivity index (χ3n) is 5.30. The van der Waals surface area contributed by atoms with Crippen molar-refractivity contribution in [2.45, 2.75) is 96.2 Å². The number of carbonyl (C=O) groups excluding carboxylic acids is 1. The minimum atomic E-state index is -0.724. The fourth-order valence-corrected chi connectivity index (χ4v) is 3.40. The van der Waals surface area contributed by atoms with Gasteiger partial charge in [0.15, 0.2) is 5.78 Å². The Labute approximate surface area is 171 Å². The summed E-state index contributed by atoms with van der Waals surface area (Å²) in [7, 11) is 0. The van der Waals surface area contributed by atoms with Crippen LogP contribution in [0.15, 0.2) is 30.3 Å². The van der Waals surface area contributed by atoms with Crippen LogP contribution in [0.25, 0.3) is 0 Å². The lowest BCUT2D eigenvalue weighted by atomic mass is 10.0. The monoisotopic (exact) mass is 391 g/mol. The Balaban J connectivity index is 1.96. The predicted molar refractivity (Wildman–Crippen MR) is 117 cm³/mol. The summed E-state index contributed by atoms with van der Waals surface area (Å²) in [5, 5.41) is 23.2. The molecule has 0 aliphatic rings. The second kappa shape index (κ2) is 16.7. The topological polar surface area (TPSA) is 69.6 Å². The Morgan fingerprint density at radius 1 is 0.821 bits per heavy atom. The number of hydrogen-bond acceptors (Lipinski definition) is 4. The van der Waals surface area contributed by atoms with E-state index in [9.17, 15) is 15.0 Å². The number of rotatable bonds is 18. The van der Waals surface area contributed by atoms with Crippen molar-refractivity contribution in [2.75, 3.05) is 13.1 Å². The molecule has 0 aliphatic carbocycles. The molecule has 1 rings (SSSR count). The summed E-state index contributed by atoms with van der Waals surface area (Å²) in [6.45, 7) is 3.02. The zero-order valence-electron chi connectivity index (χ0n) is 17.7. The number of unbranched alkanes of at least 4 members (excludes halogenated alkanes) is 9. The lowest BCUT2D eigenvalue weighted by molar-refractivity contribution is 0.00886. The van der Waals surface area contributed by atoms with Crippen molar-refractivity contribution in [2.24, 2.45) is 0 Å². The number of carbonyl (C=O) groups is 1. The predicted octanol–water partition coefficient (Wildman–Crippen LogP) is 4.88. The van der Waals surface area contributed by atoms with E-state index in [1.54, 1.807) is 12.1 Å². The molecular formula is C24H41NO3. The summed E-state index contributed by atoms with van der Waals surface area (Å²) in [5.41, 5.74) is 0.691. The van der Waals surface area contributed by atoms with E-state index in [1.807, 2.05) is 18.2 Å². The molecule has 0 saturated carbocycles. The first-order chi connectivity index (χ1) is 13.6. The lowest BCUT2D eigenvalue weighted by Crippen LogP contribution is -2.32. The van der Waals surface area contributed by atoms with Gasteiger partial charge < -0.3 is 15.5 Å². The maximum atomic E-state index is 12.0. The highest BCUT2D eigenvalue weighted by molar-refractivity contribution is 5.97. The van der Waals surface area contributed by atoms with Gasteiger partial charge in [-0.15, -0.1) is 0 Å². The van der Waals surface area contributed by atoms with Gasteiger partial charge in [0.25, 0.3) is 0 Å². The Hall–Kier alpha value is -1.23. The highest BCUT2D eigenvalue weighted by Crippen LogP contribution is 2.13. The molecule has 1 aromatic carbocycles. The van der Waals surface area contributed by atoms with Gasteiger partial charge in [0, 0.05) is 5.56 Å². The molecule has 160 valence electrons. The highest BCUT2D eigenvalue weighted by atomic mass is 16.3. The van der Waals surface area contributed by atoms with Crippen molar-refractivity contribution in [3.05, 3.63) is 35.9 Å². The molecule has 0 radical (unpaired) electrons. The summed E-state index contributed by atoms with van der Waals surface area (Å²) < 4.78 is 0. The van der Waals surface area contributed by atoms with E-state index in [1.165, 1.54) is 51.4 Å². The van der Waals surface area contributed by atoms with E-state index < -0.39 is 12.2 Å². The molecule has 0 amide bonds. The van der Waals surface area contributed by atoms with E-state index in [0.29, 0.717) is 24.9 Å². The van der Waals surface area contributed by atoms with Crippen molar-refractivity contribution in [3.8, 4) is 0 Å². The largest absolute Gasteiger partial charge is 0.390 e. The van der Waals surface area contributed by atoms with E-state index in [0.717, 1.165) is 12.8 Å².